The largest absolute Gasteiger partial charge is 0.389 e. The summed E-state index contributed by atoms with van der Waals surface area (Å²) >= 11 is 0. The molecule has 5 nitrogen and oxygen atoms in total. The molecule has 98 valence electrons. The standard InChI is InChI=1S/C12H22N2O3/c1-9(14-7-11(15)8-17-14)12(16)13-10-5-3-2-4-6-10/h9-11,15H,2-8H2,1H3,(H,13,16). The topological polar surface area (TPSA) is 61.8 Å². The lowest BCUT2D eigenvalue weighted by molar-refractivity contribution is -0.159. The number of nitrogens with one attached hydrogen (secondary N) is 1. The molecule has 0 aromatic rings. The van der Waals surface area contributed by atoms with Crippen LogP contribution in [0.3, 0.4) is 0 Å². The maximum Gasteiger partial charge on any atom is 0.239 e. The Kier molecular flexibility index (Phi) is 4.36. The minimum absolute atomic E-state index is 0.00556. The van der Waals surface area contributed by atoms with Gasteiger partial charge in [0.1, 0.15) is 6.04 Å². The zero-order chi connectivity index (χ0) is 12.3. The van der Waals surface area contributed by atoms with Gasteiger partial charge in [-0.2, -0.15) is 5.06 Å². The Morgan fingerprint density at radius 3 is 2.71 bits per heavy atom. The molecular weight excluding hydrogens is 220 g/mol. The molecule has 1 saturated heterocycles. The first-order valence-electron chi connectivity index (χ1n) is 6.55. The van der Waals surface area contributed by atoms with Gasteiger partial charge in [-0.1, -0.05) is 19.3 Å². The Hall–Kier alpha value is -0.650. The van der Waals surface area contributed by atoms with E-state index in [1.54, 1.807) is 5.06 Å². The van der Waals surface area contributed by atoms with Gasteiger partial charge >= 0.3 is 0 Å². The fourth-order valence-corrected chi connectivity index (χ4v) is 2.46. The van der Waals surface area contributed by atoms with Gasteiger partial charge in [-0.25, -0.2) is 0 Å². The lowest BCUT2D eigenvalue weighted by Crippen LogP contribution is -2.47. The van der Waals surface area contributed by atoms with Gasteiger partial charge in [0.15, 0.2) is 0 Å². The summed E-state index contributed by atoms with van der Waals surface area (Å²) in [4.78, 5) is 17.3. The Balaban J connectivity index is 1.78. The van der Waals surface area contributed by atoms with Crippen molar-refractivity contribution in [3.63, 3.8) is 0 Å². The molecule has 1 aliphatic heterocycles. The third kappa shape index (κ3) is 3.40. The number of amides is 1. The summed E-state index contributed by atoms with van der Waals surface area (Å²) in [6, 6.07) is 0.000281. The summed E-state index contributed by atoms with van der Waals surface area (Å²) < 4.78 is 0. The van der Waals surface area contributed by atoms with Gasteiger partial charge in [0.25, 0.3) is 0 Å². The maximum atomic E-state index is 12.0. The highest BCUT2D eigenvalue weighted by Crippen LogP contribution is 2.18. The molecule has 5 heteroatoms. The van der Waals surface area contributed by atoms with Gasteiger partial charge in [-0.15, -0.1) is 0 Å². The number of aliphatic hydroxyl groups is 1. The van der Waals surface area contributed by atoms with Crippen LogP contribution in [0.2, 0.25) is 0 Å². The van der Waals surface area contributed by atoms with Gasteiger partial charge in [0.2, 0.25) is 5.91 Å². The summed E-state index contributed by atoms with van der Waals surface area (Å²) in [7, 11) is 0. The van der Waals surface area contributed by atoms with Crippen molar-refractivity contribution in [2.24, 2.45) is 0 Å². The second kappa shape index (κ2) is 5.80. The molecule has 17 heavy (non-hydrogen) atoms. The molecule has 0 spiro atoms. The first-order valence-corrected chi connectivity index (χ1v) is 6.55. The van der Waals surface area contributed by atoms with E-state index in [0.717, 1.165) is 12.8 Å². The van der Waals surface area contributed by atoms with Crippen LogP contribution in [0, 0.1) is 0 Å². The van der Waals surface area contributed by atoms with Crippen molar-refractivity contribution in [3.8, 4) is 0 Å². The van der Waals surface area contributed by atoms with Gasteiger partial charge in [0.05, 0.1) is 19.3 Å². The van der Waals surface area contributed by atoms with E-state index in [9.17, 15) is 9.90 Å². The molecular formula is C12H22N2O3. The van der Waals surface area contributed by atoms with Crippen molar-refractivity contribution in [1.29, 1.82) is 0 Å². The van der Waals surface area contributed by atoms with Crippen molar-refractivity contribution >= 4 is 5.91 Å². The molecule has 0 bridgehead atoms. The second-order valence-corrected chi connectivity index (χ2v) is 5.07. The molecule has 2 aliphatic rings. The molecule has 1 heterocycles. The second-order valence-electron chi connectivity index (χ2n) is 5.07. The van der Waals surface area contributed by atoms with Crippen molar-refractivity contribution < 1.29 is 14.7 Å². The summed E-state index contributed by atoms with van der Waals surface area (Å²) in [6.45, 7) is 2.52. The molecule has 1 aliphatic carbocycles. The smallest absolute Gasteiger partial charge is 0.239 e. The molecule has 1 amide bonds. The van der Waals surface area contributed by atoms with E-state index in [-0.39, 0.29) is 11.9 Å². The van der Waals surface area contributed by atoms with Crippen molar-refractivity contribution in [3.05, 3.63) is 0 Å². The molecule has 0 aromatic carbocycles. The quantitative estimate of drug-likeness (QED) is 0.753. The van der Waals surface area contributed by atoms with E-state index in [0.29, 0.717) is 19.2 Å². The van der Waals surface area contributed by atoms with Gasteiger partial charge in [0, 0.05) is 6.04 Å². The molecule has 0 aromatic heterocycles. The van der Waals surface area contributed by atoms with Crippen LogP contribution in [0.4, 0.5) is 0 Å². The van der Waals surface area contributed by atoms with E-state index in [1.807, 2.05) is 6.92 Å². The van der Waals surface area contributed by atoms with Crippen molar-refractivity contribution in [2.75, 3.05) is 13.2 Å². The fourth-order valence-electron chi connectivity index (χ4n) is 2.46. The third-order valence-corrected chi connectivity index (χ3v) is 3.59. The van der Waals surface area contributed by atoms with Gasteiger partial charge in [-0.3, -0.25) is 9.63 Å². The number of rotatable bonds is 3. The van der Waals surface area contributed by atoms with Crippen LogP contribution >= 0.6 is 0 Å². The molecule has 1 saturated carbocycles. The molecule has 2 atom stereocenters. The average Bonchev–Trinajstić information content (AvgIpc) is 2.76. The van der Waals surface area contributed by atoms with E-state index in [4.69, 9.17) is 4.84 Å². The number of carbonyl (C=O) groups is 1. The van der Waals surface area contributed by atoms with E-state index in [1.165, 1.54) is 19.3 Å². The highest BCUT2D eigenvalue weighted by molar-refractivity contribution is 5.81. The number of hydroxylamine groups is 2. The summed E-state index contributed by atoms with van der Waals surface area (Å²) in [5, 5.41) is 14.0. The van der Waals surface area contributed by atoms with E-state index >= 15 is 0 Å². The summed E-state index contributed by atoms with van der Waals surface area (Å²) in [6.07, 6.45) is 5.39. The third-order valence-electron chi connectivity index (χ3n) is 3.59. The van der Waals surface area contributed by atoms with Crippen LogP contribution in [-0.2, 0) is 9.63 Å². The molecule has 2 unspecified atom stereocenters. The Labute approximate surface area is 102 Å². The monoisotopic (exact) mass is 242 g/mol. The van der Waals surface area contributed by atoms with E-state index < -0.39 is 6.10 Å². The number of hydrogen-bond acceptors (Lipinski definition) is 4. The number of carbonyl (C=O) groups excluding carboxylic acids is 1. The van der Waals surface area contributed by atoms with Crippen molar-refractivity contribution in [1.82, 2.24) is 10.4 Å². The van der Waals surface area contributed by atoms with Crippen LogP contribution in [0.25, 0.3) is 0 Å². The van der Waals surface area contributed by atoms with Crippen LogP contribution in [-0.4, -0.2) is 47.4 Å². The van der Waals surface area contributed by atoms with Gasteiger partial charge < -0.3 is 10.4 Å². The van der Waals surface area contributed by atoms with E-state index in [2.05, 4.69) is 5.32 Å². The van der Waals surface area contributed by atoms with Crippen LogP contribution in [0.1, 0.15) is 39.0 Å². The minimum atomic E-state index is -0.472. The summed E-state index contributed by atoms with van der Waals surface area (Å²) in [5.74, 6) is 0.00556. The first kappa shape index (κ1) is 12.8. The Bertz CT molecular complexity index is 266. The van der Waals surface area contributed by atoms with Crippen LogP contribution in [0.5, 0.6) is 0 Å². The Morgan fingerprint density at radius 1 is 1.41 bits per heavy atom. The number of hydrogen-bond donors (Lipinski definition) is 2. The number of aliphatic hydroxyl groups excluding tert-OH is 1. The normalized spacial score (nSPS) is 29.2. The predicted molar refractivity (Wildman–Crippen MR) is 63.1 cm³/mol. The van der Waals surface area contributed by atoms with Crippen LogP contribution < -0.4 is 5.32 Å². The SMILES string of the molecule is CC(C(=O)NC1CCCCC1)N1CC(O)CO1. The lowest BCUT2D eigenvalue weighted by Gasteiger charge is -2.27. The zero-order valence-electron chi connectivity index (χ0n) is 10.4. The van der Waals surface area contributed by atoms with Crippen LogP contribution in [0.15, 0.2) is 0 Å². The molecule has 2 fully saturated rings. The predicted octanol–water partition coefficient (Wildman–Crippen LogP) is 0.432. The number of nitrogens with zero attached hydrogens (tertiary/aromatic N) is 1. The Morgan fingerprint density at radius 2 is 2.12 bits per heavy atom. The first-order chi connectivity index (χ1) is 8.16. The molecule has 2 rings (SSSR count). The van der Waals surface area contributed by atoms with Gasteiger partial charge in [-0.05, 0) is 19.8 Å². The highest BCUT2D eigenvalue weighted by Gasteiger charge is 2.30. The van der Waals surface area contributed by atoms with Crippen molar-refractivity contribution in [2.45, 2.75) is 57.2 Å². The molecule has 0 radical (unpaired) electrons. The maximum absolute atomic E-state index is 12.0. The number of β-amino-alcohol motifs (C(OH)–C–C–N with tert-alkyl or cyclic N) is 1. The summed E-state index contributed by atoms with van der Waals surface area (Å²) in [5.41, 5.74) is 0. The highest BCUT2D eigenvalue weighted by atomic mass is 16.7. The lowest BCUT2D eigenvalue weighted by atomic mass is 9.95. The molecule has 2 N–H and O–H groups in total. The average molecular weight is 242 g/mol. The zero-order valence-corrected chi connectivity index (χ0v) is 10.4. The fraction of sp³-hybridized carbons (Fsp3) is 0.917. The minimum Gasteiger partial charge on any atom is -0.389 e.